The summed E-state index contributed by atoms with van der Waals surface area (Å²) in [6.45, 7) is 8.14. The fourth-order valence-corrected chi connectivity index (χ4v) is 0.460. The quantitative estimate of drug-likeness (QED) is 0.454. The summed E-state index contributed by atoms with van der Waals surface area (Å²) in [4.78, 5) is 0. The van der Waals surface area contributed by atoms with Crippen LogP contribution in [-0.4, -0.2) is 6.61 Å². The van der Waals surface area contributed by atoms with Crippen molar-refractivity contribution in [2.45, 2.75) is 6.92 Å². The first-order chi connectivity index (χ1) is 5.13. The highest BCUT2D eigenvalue weighted by atomic mass is 19.2. The minimum Gasteiger partial charge on any atom is -0.491 e. The number of rotatable bonds is 4. The van der Waals surface area contributed by atoms with E-state index in [1.165, 1.54) is 0 Å². The molecule has 0 N–H and O–H groups in total. The van der Waals surface area contributed by atoms with Gasteiger partial charge in [0.15, 0.2) is 17.4 Å². The normalized spacial score (nSPS) is 11.9. The number of ether oxygens (including phenoxy) is 1. The lowest BCUT2D eigenvalue weighted by molar-refractivity contribution is 0.224. The lowest BCUT2D eigenvalue weighted by Crippen LogP contribution is -1.91. The van der Waals surface area contributed by atoms with Crippen molar-refractivity contribution in [1.29, 1.82) is 0 Å². The largest absolute Gasteiger partial charge is 0.491 e. The lowest BCUT2D eigenvalue weighted by Gasteiger charge is -2.02. The van der Waals surface area contributed by atoms with E-state index in [-0.39, 0.29) is 12.4 Å². The first-order valence-corrected chi connectivity index (χ1v) is 3.13. The molecule has 0 aliphatic carbocycles. The van der Waals surface area contributed by atoms with Crippen molar-refractivity contribution in [2.24, 2.45) is 0 Å². The van der Waals surface area contributed by atoms with Crippen LogP contribution in [0.15, 0.2) is 36.6 Å². The van der Waals surface area contributed by atoms with Gasteiger partial charge in [-0.2, -0.15) is 4.39 Å². The highest BCUT2D eigenvalue weighted by Gasteiger charge is 2.07. The molecule has 3 heteroatoms. The Hall–Kier alpha value is -1.12. The van der Waals surface area contributed by atoms with Crippen molar-refractivity contribution in [1.82, 2.24) is 0 Å². The minimum atomic E-state index is -1.10. The second kappa shape index (κ2) is 4.66. The maximum Gasteiger partial charge on any atom is 0.199 e. The molecule has 0 saturated carbocycles. The van der Waals surface area contributed by atoms with Gasteiger partial charge in [0, 0.05) is 0 Å². The Balaban J connectivity index is 4.33. The molecule has 0 fully saturated rings. The molecule has 62 valence electrons. The van der Waals surface area contributed by atoms with E-state index in [9.17, 15) is 8.78 Å². The molecule has 0 heterocycles. The Morgan fingerprint density at radius 2 is 2.09 bits per heavy atom. The molecule has 0 aliphatic rings. The Kier molecular flexibility index (Phi) is 4.18. The molecule has 0 spiro atoms. The monoisotopic (exact) mass is 160 g/mol. The summed E-state index contributed by atoms with van der Waals surface area (Å²) in [7, 11) is 0. The highest BCUT2D eigenvalue weighted by Crippen LogP contribution is 2.17. The van der Waals surface area contributed by atoms with Crippen molar-refractivity contribution in [3.05, 3.63) is 36.6 Å². The third-order valence-corrected chi connectivity index (χ3v) is 0.952. The molecule has 0 radical (unpaired) electrons. The van der Waals surface area contributed by atoms with Gasteiger partial charge in [-0.1, -0.05) is 13.2 Å². The SMILES string of the molecule is C=C/C(F)=C(/F)C(=C)OCC. The summed E-state index contributed by atoms with van der Waals surface area (Å²) >= 11 is 0. The molecule has 0 saturated heterocycles. The number of hydrogen-bond donors (Lipinski definition) is 0. The standard InChI is InChI=1S/C8H10F2O/c1-4-7(9)8(10)6(3)11-5-2/h4H,1,3,5H2,2H3/b8-7-. The molecule has 0 aromatic carbocycles. The number of hydrogen-bond acceptors (Lipinski definition) is 1. The molecule has 0 aromatic heterocycles. The van der Waals surface area contributed by atoms with Crippen LogP contribution in [-0.2, 0) is 4.74 Å². The van der Waals surface area contributed by atoms with Gasteiger partial charge in [0.1, 0.15) is 0 Å². The van der Waals surface area contributed by atoms with Gasteiger partial charge in [-0.25, -0.2) is 4.39 Å². The molecule has 11 heavy (non-hydrogen) atoms. The van der Waals surface area contributed by atoms with Gasteiger partial charge in [-0.3, -0.25) is 0 Å². The van der Waals surface area contributed by atoms with Gasteiger partial charge < -0.3 is 4.74 Å². The van der Waals surface area contributed by atoms with E-state index in [0.29, 0.717) is 0 Å². The van der Waals surface area contributed by atoms with Gasteiger partial charge in [-0.05, 0) is 13.0 Å². The topological polar surface area (TPSA) is 9.23 Å². The molecule has 0 bridgehead atoms. The number of halogens is 2. The van der Waals surface area contributed by atoms with E-state index in [0.717, 1.165) is 6.08 Å². The summed E-state index contributed by atoms with van der Waals surface area (Å²) < 4.78 is 29.5. The van der Waals surface area contributed by atoms with Crippen molar-refractivity contribution < 1.29 is 13.5 Å². The van der Waals surface area contributed by atoms with Crippen LogP contribution < -0.4 is 0 Å². The molecule has 0 unspecified atom stereocenters. The predicted molar refractivity (Wildman–Crippen MR) is 40.2 cm³/mol. The fourth-order valence-electron chi connectivity index (χ4n) is 0.460. The van der Waals surface area contributed by atoms with Crippen LogP contribution in [0.2, 0.25) is 0 Å². The van der Waals surface area contributed by atoms with Crippen LogP contribution in [0.1, 0.15) is 6.92 Å². The minimum absolute atomic E-state index is 0.261. The van der Waals surface area contributed by atoms with Gasteiger partial charge in [0.2, 0.25) is 0 Å². The van der Waals surface area contributed by atoms with E-state index < -0.39 is 11.7 Å². The zero-order valence-electron chi connectivity index (χ0n) is 6.36. The van der Waals surface area contributed by atoms with Crippen molar-refractivity contribution in [3.63, 3.8) is 0 Å². The van der Waals surface area contributed by atoms with E-state index in [1.54, 1.807) is 6.92 Å². The van der Waals surface area contributed by atoms with Crippen molar-refractivity contribution in [2.75, 3.05) is 6.61 Å². The third kappa shape index (κ3) is 2.98. The summed E-state index contributed by atoms with van der Waals surface area (Å²) in [5, 5.41) is 0. The first kappa shape index (κ1) is 9.88. The van der Waals surface area contributed by atoms with Crippen molar-refractivity contribution in [3.8, 4) is 0 Å². The van der Waals surface area contributed by atoms with E-state index >= 15 is 0 Å². The molecule has 0 aromatic rings. The molecule has 1 nitrogen and oxygen atoms in total. The average molecular weight is 160 g/mol. The summed E-state index contributed by atoms with van der Waals surface area (Å²) in [6, 6.07) is 0. The van der Waals surface area contributed by atoms with Crippen LogP contribution in [0, 0.1) is 0 Å². The summed E-state index contributed by atoms with van der Waals surface area (Å²) in [5.74, 6) is -2.45. The zero-order valence-corrected chi connectivity index (χ0v) is 6.36. The smallest absolute Gasteiger partial charge is 0.199 e. The average Bonchev–Trinajstić information content (AvgIpc) is 2.02. The van der Waals surface area contributed by atoms with Crippen LogP contribution in [0.5, 0.6) is 0 Å². The van der Waals surface area contributed by atoms with Gasteiger partial charge in [0.05, 0.1) is 6.61 Å². The van der Waals surface area contributed by atoms with Crippen LogP contribution >= 0.6 is 0 Å². The second-order valence-electron chi connectivity index (χ2n) is 1.72. The Morgan fingerprint density at radius 3 is 2.45 bits per heavy atom. The van der Waals surface area contributed by atoms with Gasteiger partial charge in [-0.15, -0.1) is 0 Å². The molecule has 0 atom stereocenters. The third-order valence-electron chi connectivity index (χ3n) is 0.952. The Bertz CT molecular complexity index is 194. The molecule has 0 rings (SSSR count). The zero-order chi connectivity index (χ0) is 8.85. The lowest BCUT2D eigenvalue weighted by atomic mass is 10.4. The second-order valence-corrected chi connectivity index (χ2v) is 1.72. The number of allylic oxidation sites excluding steroid dienone is 3. The fraction of sp³-hybridized carbons (Fsp3) is 0.250. The molecular weight excluding hydrogens is 150 g/mol. The molecule has 0 aliphatic heterocycles. The van der Waals surface area contributed by atoms with Crippen LogP contribution in [0.3, 0.4) is 0 Å². The van der Waals surface area contributed by atoms with E-state index in [4.69, 9.17) is 0 Å². The maximum atomic E-state index is 12.6. The van der Waals surface area contributed by atoms with Crippen LogP contribution in [0.25, 0.3) is 0 Å². The summed E-state index contributed by atoms with van der Waals surface area (Å²) in [5.41, 5.74) is 0. The summed E-state index contributed by atoms with van der Waals surface area (Å²) in [6.07, 6.45) is 0.763. The highest BCUT2D eigenvalue weighted by molar-refractivity contribution is 5.25. The van der Waals surface area contributed by atoms with Gasteiger partial charge in [0.25, 0.3) is 0 Å². The van der Waals surface area contributed by atoms with Crippen molar-refractivity contribution >= 4 is 0 Å². The molecular formula is C8H10F2O. The Morgan fingerprint density at radius 1 is 1.55 bits per heavy atom. The van der Waals surface area contributed by atoms with E-state index in [2.05, 4.69) is 17.9 Å². The van der Waals surface area contributed by atoms with Gasteiger partial charge >= 0.3 is 0 Å². The van der Waals surface area contributed by atoms with Crippen LogP contribution in [0.4, 0.5) is 8.78 Å². The Labute approximate surface area is 64.7 Å². The van der Waals surface area contributed by atoms with E-state index in [1.807, 2.05) is 0 Å². The first-order valence-electron chi connectivity index (χ1n) is 3.13. The molecule has 0 amide bonds. The maximum absolute atomic E-state index is 12.6. The predicted octanol–water partition coefficient (Wildman–Crippen LogP) is 2.87.